The second-order valence-corrected chi connectivity index (χ2v) is 7.09. The zero-order chi connectivity index (χ0) is 15.4. The summed E-state index contributed by atoms with van der Waals surface area (Å²) in [7, 11) is 0. The van der Waals surface area contributed by atoms with Gasteiger partial charge >= 0.3 is 5.97 Å². The van der Waals surface area contributed by atoms with Gasteiger partial charge in [0.05, 0.1) is 18.8 Å². The Morgan fingerprint density at radius 1 is 1.32 bits per heavy atom. The Morgan fingerprint density at radius 2 is 2.14 bits per heavy atom. The minimum absolute atomic E-state index is 0.397. The molecule has 6 heteroatoms. The fourth-order valence-corrected chi connectivity index (χ4v) is 4.14. The lowest BCUT2D eigenvalue weighted by Gasteiger charge is -2.38. The molecule has 0 amide bonds. The Labute approximate surface area is 134 Å². The number of hydrogen-bond acceptors (Lipinski definition) is 5. The van der Waals surface area contributed by atoms with Crippen molar-refractivity contribution in [3.05, 3.63) is 21.9 Å². The predicted molar refractivity (Wildman–Crippen MR) is 84.5 cm³/mol. The Bertz CT molecular complexity index is 498. The lowest BCUT2D eigenvalue weighted by atomic mass is 9.91. The molecule has 0 aliphatic carbocycles. The Hall–Kier alpha value is -0.950. The zero-order valence-corrected chi connectivity index (χ0v) is 13.5. The third-order valence-corrected chi connectivity index (χ3v) is 5.48. The molecule has 0 saturated carbocycles. The number of morpholine rings is 1. The molecule has 2 aliphatic heterocycles. The number of rotatable bonds is 5. The standard InChI is InChI=1S/C16H23NO4S/c18-16(19)13-8-15(22-11-13)9-17-3-6-21-10-14(17)7-12-1-4-20-5-2-12/h8,11-12,14H,1-7,9-10H2,(H,18,19). The van der Waals surface area contributed by atoms with E-state index in [1.165, 1.54) is 11.3 Å². The second kappa shape index (κ2) is 7.55. The van der Waals surface area contributed by atoms with Crippen LogP contribution in [0, 0.1) is 5.92 Å². The maximum atomic E-state index is 11.0. The molecule has 22 heavy (non-hydrogen) atoms. The van der Waals surface area contributed by atoms with Gasteiger partial charge in [0.25, 0.3) is 0 Å². The summed E-state index contributed by atoms with van der Waals surface area (Å²) in [5.41, 5.74) is 0.397. The minimum Gasteiger partial charge on any atom is -0.478 e. The lowest BCUT2D eigenvalue weighted by molar-refractivity contribution is -0.0286. The number of carboxylic acid groups (broad SMARTS) is 1. The molecule has 1 aromatic heterocycles. The van der Waals surface area contributed by atoms with Crippen LogP contribution in [0.2, 0.25) is 0 Å². The molecular weight excluding hydrogens is 302 g/mol. The molecule has 1 unspecified atom stereocenters. The molecule has 0 spiro atoms. The van der Waals surface area contributed by atoms with E-state index >= 15 is 0 Å². The predicted octanol–water partition coefficient (Wildman–Crippen LogP) is 2.46. The van der Waals surface area contributed by atoms with Gasteiger partial charge in [-0.05, 0) is 31.2 Å². The number of ether oxygens (including phenoxy) is 2. The highest BCUT2D eigenvalue weighted by atomic mass is 32.1. The van der Waals surface area contributed by atoms with Gasteiger partial charge in [-0.1, -0.05) is 0 Å². The largest absolute Gasteiger partial charge is 0.478 e. The summed E-state index contributed by atoms with van der Waals surface area (Å²) >= 11 is 1.54. The molecule has 2 fully saturated rings. The summed E-state index contributed by atoms with van der Waals surface area (Å²) < 4.78 is 11.1. The van der Waals surface area contributed by atoms with Crippen LogP contribution in [0.1, 0.15) is 34.5 Å². The second-order valence-electron chi connectivity index (χ2n) is 6.10. The maximum absolute atomic E-state index is 11.0. The molecule has 1 aromatic rings. The van der Waals surface area contributed by atoms with E-state index in [-0.39, 0.29) is 0 Å². The molecule has 0 aromatic carbocycles. The van der Waals surface area contributed by atoms with Crippen LogP contribution in [0.5, 0.6) is 0 Å². The first kappa shape index (κ1) is 15.9. The number of hydrogen-bond donors (Lipinski definition) is 1. The normalized spacial score (nSPS) is 24.5. The van der Waals surface area contributed by atoms with E-state index in [4.69, 9.17) is 14.6 Å². The fourth-order valence-electron chi connectivity index (χ4n) is 3.26. The van der Waals surface area contributed by atoms with Gasteiger partial charge in [0.2, 0.25) is 0 Å². The maximum Gasteiger partial charge on any atom is 0.336 e. The van der Waals surface area contributed by atoms with E-state index in [0.717, 1.165) is 69.6 Å². The van der Waals surface area contributed by atoms with Crippen molar-refractivity contribution in [2.24, 2.45) is 5.92 Å². The molecule has 1 N–H and O–H groups in total. The van der Waals surface area contributed by atoms with E-state index < -0.39 is 5.97 Å². The molecule has 122 valence electrons. The van der Waals surface area contributed by atoms with Crippen molar-refractivity contribution in [2.45, 2.75) is 31.8 Å². The van der Waals surface area contributed by atoms with Gasteiger partial charge in [-0.15, -0.1) is 11.3 Å². The van der Waals surface area contributed by atoms with Crippen molar-refractivity contribution >= 4 is 17.3 Å². The van der Waals surface area contributed by atoms with Crippen LogP contribution in [0.4, 0.5) is 0 Å². The molecule has 3 heterocycles. The topological polar surface area (TPSA) is 59.0 Å². The highest BCUT2D eigenvalue weighted by molar-refractivity contribution is 7.10. The summed E-state index contributed by atoms with van der Waals surface area (Å²) in [6.45, 7) is 5.07. The average Bonchev–Trinajstić information content (AvgIpc) is 2.99. The number of aromatic carboxylic acids is 1. The third-order valence-electron chi connectivity index (χ3n) is 4.56. The monoisotopic (exact) mass is 325 g/mol. The zero-order valence-electron chi connectivity index (χ0n) is 12.7. The van der Waals surface area contributed by atoms with Crippen LogP contribution < -0.4 is 0 Å². The van der Waals surface area contributed by atoms with E-state index in [9.17, 15) is 4.79 Å². The minimum atomic E-state index is -0.844. The molecule has 2 saturated heterocycles. The van der Waals surface area contributed by atoms with Crippen molar-refractivity contribution < 1.29 is 19.4 Å². The van der Waals surface area contributed by atoms with Crippen LogP contribution >= 0.6 is 11.3 Å². The first-order valence-corrected chi connectivity index (χ1v) is 8.80. The molecule has 5 nitrogen and oxygen atoms in total. The van der Waals surface area contributed by atoms with Crippen molar-refractivity contribution in [3.63, 3.8) is 0 Å². The van der Waals surface area contributed by atoms with E-state index in [1.807, 2.05) is 0 Å². The van der Waals surface area contributed by atoms with Crippen LogP contribution in [-0.2, 0) is 16.0 Å². The number of thiophene rings is 1. The van der Waals surface area contributed by atoms with Gasteiger partial charge in [0.15, 0.2) is 0 Å². The van der Waals surface area contributed by atoms with Crippen LogP contribution in [0.15, 0.2) is 11.4 Å². The molecule has 2 aliphatic rings. The van der Waals surface area contributed by atoms with Gasteiger partial charge in [0, 0.05) is 42.6 Å². The Morgan fingerprint density at radius 3 is 2.86 bits per heavy atom. The summed E-state index contributed by atoms with van der Waals surface area (Å²) in [6.07, 6.45) is 3.44. The quantitative estimate of drug-likeness (QED) is 0.901. The first-order chi connectivity index (χ1) is 10.7. The molecule has 0 bridgehead atoms. The fraction of sp³-hybridized carbons (Fsp3) is 0.688. The lowest BCUT2D eigenvalue weighted by Crippen LogP contribution is -2.46. The van der Waals surface area contributed by atoms with Crippen molar-refractivity contribution in [2.75, 3.05) is 33.0 Å². The van der Waals surface area contributed by atoms with Crippen LogP contribution in [-0.4, -0.2) is 55.0 Å². The van der Waals surface area contributed by atoms with E-state index in [0.29, 0.717) is 11.6 Å². The van der Waals surface area contributed by atoms with Gasteiger partial charge in [-0.3, -0.25) is 4.90 Å². The van der Waals surface area contributed by atoms with Gasteiger partial charge in [0.1, 0.15) is 0 Å². The summed E-state index contributed by atoms with van der Waals surface area (Å²) in [6, 6.07) is 2.24. The third kappa shape index (κ3) is 4.07. The summed E-state index contributed by atoms with van der Waals surface area (Å²) in [5.74, 6) is -0.121. The van der Waals surface area contributed by atoms with Gasteiger partial charge in [-0.2, -0.15) is 0 Å². The van der Waals surface area contributed by atoms with Crippen molar-refractivity contribution in [3.8, 4) is 0 Å². The highest BCUT2D eigenvalue weighted by Gasteiger charge is 2.27. The van der Waals surface area contributed by atoms with Crippen LogP contribution in [0.25, 0.3) is 0 Å². The summed E-state index contributed by atoms with van der Waals surface area (Å²) in [4.78, 5) is 14.6. The smallest absolute Gasteiger partial charge is 0.336 e. The van der Waals surface area contributed by atoms with Crippen molar-refractivity contribution in [1.82, 2.24) is 4.90 Å². The number of carboxylic acids is 1. The van der Waals surface area contributed by atoms with Crippen molar-refractivity contribution in [1.29, 1.82) is 0 Å². The van der Waals surface area contributed by atoms with Gasteiger partial charge < -0.3 is 14.6 Å². The van der Waals surface area contributed by atoms with E-state index in [2.05, 4.69) is 4.90 Å². The first-order valence-electron chi connectivity index (χ1n) is 7.92. The van der Waals surface area contributed by atoms with E-state index in [1.54, 1.807) is 11.4 Å². The SMILES string of the molecule is O=C(O)c1csc(CN2CCOCC2CC2CCOCC2)c1. The Balaban J connectivity index is 1.60. The molecule has 0 radical (unpaired) electrons. The molecule has 1 atom stereocenters. The Kier molecular flexibility index (Phi) is 5.46. The average molecular weight is 325 g/mol. The highest BCUT2D eigenvalue weighted by Crippen LogP contribution is 2.26. The van der Waals surface area contributed by atoms with Crippen LogP contribution in [0.3, 0.4) is 0 Å². The number of nitrogens with zero attached hydrogens (tertiary/aromatic N) is 1. The van der Waals surface area contributed by atoms with Gasteiger partial charge in [-0.25, -0.2) is 4.79 Å². The number of carbonyl (C=O) groups is 1. The molecular formula is C16H23NO4S. The summed E-state index contributed by atoms with van der Waals surface area (Å²) in [5, 5.41) is 10.8. The molecule has 3 rings (SSSR count).